The summed E-state index contributed by atoms with van der Waals surface area (Å²) in [5.74, 6) is -0.899. The molecule has 0 radical (unpaired) electrons. The fourth-order valence-electron chi connectivity index (χ4n) is 3.18. The third kappa shape index (κ3) is 3.91. The average Bonchev–Trinajstić information content (AvgIpc) is 3.12. The van der Waals surface area contributed by atoms with Gasteiger partial charge in [0.1, 0.15) is 0 Å². The zero-order valence-electron chi connectivity index (χ0n) is 14.1. The predicted octanol–water partition coefficient (Wildman–Crippen LogP) is 2.06. The van der Waals surface area contributed by atoms with Crippen LogP contribution in [0.15, 0.2) is 59.5 Å². The topological polar surface area (TPSA) is 75.3 Å². The maximum atomic E-state index is 12.6. The van der Waals surface area contributed by atoms with E-state index in [-0.39, 0.29) is 10.8 Å². The van der Waals surface area contributed by atoms with E-state index in [0.717, 1.165) is 17.5 Å². The Kier molecular flexibility index (Phi) is 5.20. The monoisotopic (exact) mass is 358 g/mol. The smallest absolute Gasteiger partial charge is 0.264 e. The van der Waals surface area contributed by atoms with Gasteiger partial charge in [0.25, 0.3) is 10.0 Å². The molecule has 25 heavy (non-hydrogen) atoms. The number of aryl methyl sites for hydroxylation is 1. The Labute approximate surface area is 148 Å². The first-order valence-electron chi connectivity index (χ1n) is 8.42. The Morgan fingerprint density at radius 3 is 2.40 bits per heavy atom. The highest BCUT2D eigenvalue weighted by atomic mass is 32.2. The molecule has 2 aromatic carbocycles. The highest BCUT2D eigenvalue weighted by molar-refractivity contribution is 7.90. The lowest BCUT2D eigenvalue weighted by molar-refractivity contribution is -0.123. The van der Waals surface area contributed by atoms with Gasteiger partial charge in [-0.05, 0) is 29.7 Å². The van der Waals surface area contributed by atoms with E-state index in [4.69, 9.17) is 0 Å². The Hall–Kier alpha value is -2.18. The third-order valence-corrected chi connectivity index (χ3v) is 6.02. The van der Waals surface area contributed by atoms with Crippen molar-refractivity contribution >= 4 is 15.9 Å². The zero-order valence-corrected chi connectivity index (χ0v) is 14.9. The number of nitrogens with one attached hydrogen (secondary N) is 2. The van der Waals surface area contributed by atoms with E-state index >= 15 is 0 Å². The number of benzene rings is 2. The number of rotatable bonds is 5. The minimum atomic E-state index is -3.85. The molecule has 0 spiro atoms. The summed E-state index contributed by atoms with van der Waals surface area (Å²) in [6.45, 7) is 3.13. The van der Waals surface area contributed by atoms with Gasteiger partial charge < -0.3 is 5.32 Å². The minimum absolute atomic E-state index is 0.0288. The number of carbonyl (C=O) groups is 1. The SMILES string of the molecule is CCc1ccc(S(=O)(=O)NC(=O)C2CNCC2c2ccccc2)cc1. The first-order chi connectivity index (χ1) is 12.0. The number of sulfonamides is 1. The lowest BCUT2D eigenvalue weighted by atomic mass is 9.88. The normalized spacial score (nSPS) is 20.4. The number of hydrogen-bond donors (Lipinski definition) is 2. The Bertz CT molecular complexity index is 833. The van der Waals surface area contributed by atoms with Crippen LogP contribution in [0.5, 0.6) is 0 Å². The summed E-state index contributed by atoms with van der Waals surface area (Å²) in [5, 5.41) is 3.19. The van der Waals surface area contributed by atoms with E-state index in [0.29, 0.717) is 13.1 Å². The van der Waals surface area contributed by atoms with E-state index in [1.807, 2.05) is 37.3 Å². The molecule has 1 aliphatic rings. The Morgan fingerprint density at radius 1 is 1.08 bits per heavy atom. The van der Waals surface area contributed by atoms with Crippen molar-refractivity contribution in [3.63, 3.8) is 0 Å². The molecule has 5 nitrogen and oxygen atoms in total. The van der Waals surface area contributed by atoms with Crippen LogP contribution in [-0.2, 0) is 21.2 Å². The number of hydrogen-bond acceptors (Lipinski definition) is 4. The third-order valence-electron chi connectivity index (χ3n) is 4.66. The molecule has 1 heterocycles. The van der Waals surface area contributed by atoms with Crippen molar-refractivity contribution in [2.45, 2.75) is 24.2 Å². The van der Waals surface area contributed by atoms with Crippen molar-refractivity contribution in [3.8, 4) is 0 Å². The van der Waals surface area contributed by atoms with Crippen LogP contribution in [0.3, 0.4) is 0 Å². The van der Waals surface area contributed by atoms with Gasteiger partial charge in [0.2, 0.25) is 5.91 Å². The summed E-state index contributed by atoms with van der Waals surface area (Å²) >= 11 is 0. The van der Waals surface area contributed by atoms with Gasteiger partial charge in [0, 0.05) is 19.0 Å². The molecule has 1 aliphatic heterocycles. The van der Waals surface area contributed by atoms with Crippen LogP contribution in [0.25, 0.3) is 0 Å². The largest absolute Gasteiger partial charge is 0.315 e. The van der Waals surface area contributed by atoms with Crippen molar-refractivity contribution in [2.24, 2.45) is 5.92 Å². The van der Waals surface area contributed by atoms with Crippen LogP contribution in [0.1, 0.15) is 24.0 Å². The molecule has 1 fully saturated rings. The first-order valence-corrected chi connectivity index (χ1v) is 9.91. The van der Waals surface area contributed by atoms with Crippen molar-refractivity contribution in [1.29, 1.82) is 0 Å². The molecule has 0 bridgehead atoms. The quantitative estimate of drug-likeness (QED) is 0.858. The zero-order chi connectivity index (χ0) is 17.9. The second-order valence-corrected chi connectivity index (χ2v) is 7.93. The van der Waals surface area contributed by atoms with Gasteiger partial charge in [0.05, 0.1) is 10.8 Å². The molecule has 2 N–H and O–H groups in total. The van der Waals surface area contributed by atoms with Crippen LogP contribution in [0.2, 0.25) is 0 Å². The van der Waals surface area contributed by atoms with Crippen LogP contribution in [0, 0.1) is 5.92 Å². The van der Waals surface area contributed by atoms with Crippen molar-refractivity contribution in [2.75, 3.05) is 13.1 Å². The van der Waals surface area contributed by atoms with Gasteiger partial charge in [-0.2, -0.15) is 0 Å². The maximum Gasteiger partial charge on any atom is 0.264 e. The van der Waals surface area contributed by atoms with Gasteiger partial charge >= 0.3 is 0 Å². The average molecular weight is 358 g/mol. The summed E-state index contributed by atoms with van der Waals surface area (Å²) in [6.07, 6.45) is 0.833. The van der Waals surface area contributed by atoms with E-state index in [9.17, 15) is 13.2 Å². The molecule has 2 unspecified atom stereocenters. The van der Waals surface area contributed by atoms with Gasteiger partial charge in [-0.15, -0.1) is 0 Å². The molecule has 0 aromatic heterocycles. The molecule has 0 saturated carbocycles. The highest BCUT2D eigenvalue weighted by Crippen LogP contribution is 2.28. The molecular weight excluding hydrogens is 336 g/mol. The summed E-state index contributed by atoms with van der Waals surface area (Å²) in [7, 11) is -3.85. The van der Waals surface area contributed by atoms with E-state index in [1.54, 1.807) is 12.1 Å². The first kappa shape index (κ1) is 17.6. The van der Waals surface area contributed by atoms with Crippen LogP contribution < -0.4 is 10.0 Å². The second-order valence-electron chi connectivity index (χ2n) is 6.25. The van der Waals surface area contributed by atoms with Crippen LogP contribution >= 0.6 is 0 Å². The van der Waals surface area contributed by atoms with Gasteiger partial charge in [0.15, 0.2) is 0 Å². The fraction of sp³-hybridized carbons (Fsp3) is 0.316. The van der Waals surface area contributed by atoms with E-state index in [1.165, 1.54) is 12.1 Å². The Balaban J connectivity index is 1.76. The van der Waals surface area contributed by atoms with Gasteiger partial charge in [-0.1, -0.05) is 49.4 Å². The number of carbonyl (C=O) groups excluding carboxylic acids is 1. The Morgan fingerprint density at radius 2 is 1.76 bits per heavy atom. The van der Waals surface area contributed by atoms with Crippen LogP contribution in [-0.4, -0.2) is 27.4 Å². The summed E-state index contributed by atoms with van der Waals surface area (Å²) in [6, 6.07) is 16.3. The molecule has 6 heteroatoms. The summed E-state index contributed by atoms with van der Waals surface area (Å²) in [4.78, 5) is 12.7. The molecule has 0 aliphatic carbocycles. The summed E-state index contributed by atoms with van der Waals surface area (Å²) < 4.78 is 27.2. The van der Waals surface area contributed by atoms with Gasteiger partial charge in [-0.25, -0.2) is 13.1 Å². The second kappa shape index (κ2) is 7.37. The highest BCUT2D eigenvalue weighted by Gasteiger charge is 2.35. The minimum Gasteiger partial charge on any atom is -0.315 e. The van der Waals surface area contributed by atoms with Gasteiger partial charge in [-0.3, -0.25) is 4.79 Å². The molecule has 2 aromatic rings. The summed E-state index contributed by atoms with van der Waals surface area (Å²) in [5.41, 5.74) is 2.09. The fourth-order valence-corrected chi connectivity index (χ4v) is 4.20. The molecule has 1 saturated heterocycles. The van der Waals surface area contributed by atoms with Crippen molar-refractivity contribution in [1.82, 2.24) is 10.0 Å². The molecule has 2 atom stereocenters. The standard InChI is InChI=1S/C19H22N2O3S/c1-2-14-8-10-16(11-9-14)25(23,24)21-19(22)18-13-20-12-17(18)15-6-4-3-5-7-15/h3-11,17-18,20H,2,12-13H2,1H3,(H,21,22). The van der Waals surface area contributed by atoms with Crippen LogP contribution in [0.4, 0.5) is 0 Å². The molecule has 1 amide bonds. The van der Waals surface area contributed by atoms with E-state index < -0.39 is 21.8 Å². The lowest BCUT2D eigenvalue weighted by Crippen LogP contribution is -2.38. The predicted molar refractivity (Wildman–Crippen MR) is 96.7 cm³/mol. The lowest BCUT2D eigenvalue weighted by Gasteiger charge is -2.18. The number of amides is 1. The molecular formula is C19H22N2O3S. The molecule has 3 rings (SSSR count). The van der Waals surface area contributed by atoms with E-state index in [2.05, 4.69) is 10.0 Å². The maximum absolute atomic E-state index is 12.6. The molecule has 132 valence electrons. The van der Waals surface area contributed by atoms with Crippen molar-refractivity contribution < 1.29 is 13.2 Å². The van der Waals surface area contributed by atoms with Crippen molar-refractivity contribution in [3.05, 3.63) is 65.7 Å².